The standard InChI is InChI=1S/C18H19NO3.C18H17NO3/c2*1-19-15(16(20)13-10-6-3-7-11-13)14(17(21)18(19)22)12-8-4-2-5-9-12/h2-11,14-17,20-21H,1H3;2-11,14-15,17,21H,1H3/t14-,15-,16+,17+;14-,15-,17+/m11/s1. The van der Waals surface area contributed by atoms with E-state index in [9.17, 15) is 29.7 Å². The van der Waals surface area contributed by atoms with Gasteiger partial charge in [0.25, 0.3) is 11.8 Å². The summed E-state index contributed by atoms with van der Waals surface area (Å²) < 4.78 is 0. The second-order valence-corrected chi connectivity index (χ2v) is 11.2. The zero-order valence-corrected chi connectivity index (χ0v) is 24.5. The average Bonchev–Trinajstić information content (AvgIpc) is 3.44. The number of nitrogens with zero attached hydrogens (tertiary/aromatic N) is 2. The Morgan fingerprint density at radius 2 is 1.02 bits per heavy atom. The van der Waals surface area contributed by atoms with Crippen molar-refractivity contribution < 1.29 is 29.7 Å². The van der Waals surface area contributed by atoms with E-state index in [2.05, 4.69) is 0 Å². The number of aliphatic hydroxyl groups excluding tert-OH is 3. The van der Waals surface area contributed by atoms with E-state index >= 15 is 0 Å². The summed E-state index contributed by atoms with van der Waals surface area (Å²) in [7, 11) is 3.20. The van der Waals surface area contributed by atoms with Crippen LogP contribution in [0.5, 0.6) is 0 Å². The van der Waals surface area contributed by atoms with Crippen molar-refractivity contribution in [1.29, 1.82) is 0 Å². The van der Waals surface area contributed by atoms with E-state index in [-0.39, 0.29) is 11.7 Å². The summed E-state index contributed by atoms with van der Waals surface area (Å²) in [5.41, 5.74) is 2.93. The third-order valence-electron chi connectivity index (χ3n) is 8.61. The second kappa shape index (κ2) is 13.3. The predicted molar refractivity (Wildman–Crippen MR) is 166 cm³/mol. The maximum atomic E-state index is 12.8. The van der Waals surface area contributed by atoms with E-state index in [0.717, 1.165) is 16.7 Å². The van der Waals surface area contributed by atoms with Gasteiger partial charge in [-0.2, -0.15) is 0 Å². The van der Waals surface area contributed by atoms with Gasteiger partial charge < -0.3 is 25.1 Å². The van der Waals surface area contributed by atoms with Crippen LogP contribution in [0.2, 0.25) is 0 Å². The SMILES string of the molecule is CN1C(=O)[C@@H](O)[C@H](c2ccccc2)[C@@H]1C(=O)c1ccccc1.CN1C(=O)[C@@H](O)[C@H](c2ccccc2)[C@@H]1[C@@H](O)c1ccccc1. The summed E-state index contributed by atoms with van der Waals surface area (Å²) in [6, 6.07) is 35.6. The number of carbonyl (C=O) groups is 3. The molecule has 6 rings (SSSR count). The van der Waals surface area contributed by atoms with E-state index in [1.54, 1.807) is 38.4 Å². The second-order valence-electron chi connectivity index (χ2n) is 11.2. The number of aliphatic hydroxyl groups is 3. The molecule has 3 N–H and O–H groups in total. The lowest BCUT2D eigenvalue weighted by Crippen LogP contribution is -2.38. The van der Waals surface area contributed by atoms with Gasteiger partial charge in [-0.05, 0) is 16.7 Å². The number of Topliss-reactive ketones (excluding diaryl/α,β-unsaturated/α-hetero) is 1. The fourth-order valence-electron chi connectivity index (χ4n) is 6.31. The molecule has 0 bridgehead atoms. The summed E-state index contributed by atoms with van der Waals surface area (Å²) in [4.78, 5) is 40.0. The number of hydrogen-bond donors (Lipinski definition) is 3. The van der Waals surface area contributed by atoms with Gasteiger partial charge in [0.1, 0.15) is 24.4 Å². The molecule has 0 spiro atoms. The lowest BCUT2D eigenvalue weighted by molar-refractivity contribution is -0.135. The maximum Gasteiger partial charge on any atom is 0.252 e. The summed E-state index contributed by atoms with van der Waals surface area (Å²) in [5, 5.41) is 31.4. The number of benzene rings is 4. The number of rotatable bonds is 6. The first kappa shape index (κ1) is 30.8. The van der Waals surface area contributed by atoms with E-state index in [4.69, 9.17) is 0 Å². The first-order chi connectivity index (χ1) is 21.2. The van der Waals surface area contributed by atoms with Gasteiger partial charge in [-0.1, -0.05) is 121 Å². The lowest BCUT2D eigenvalue weighted by Gasteiger charge is -2.30. The van der Waals surface area contributed by atoms with Crippen LogP contribution in [-0.4, -0.2) is 81.1 Å². The minimum absolute atomic E-state index is 0.151. The van der Waals surface area contributed by atoms with Crippen LogP contribution in [0.15, 0.2) is 121 Å². The molecule has 2 fully saturated rings. The third kappa shape index (κ3) is 5.92. The summed E-state index contributed by atoms with van der Waals surface area (Å²) in [5.74, 6) is -1.92. The number of likely N-dealkylation sites (N-methyl/N-ethyl adjacent to an activating group) is 2. The Balaban J connectivity index is 0.000000175. The molecule has 4 aromatic rings. The highest BCUT2D eigenvalue weighted by molar-refractivity contribution is 6.05. The van der Waals surface area contributed by atoms with Crippen LogP contribution in [0.4, 0.5) is 0 Å². The van der Waals surface area contributed by atoms with Crippen molar-refractivity contribution in [3.8, 4) is 0 Å². The molecule has 2 aliphatic heterocycles. The van der Waals surface area contributed by atoms with Gasteiger partial charge in [0.05, 0.1) is 6.04 Å². The van der Waals surface area contributed by atoms with Crippen LogP contribution in [0.1, 0.15) is 45.0 Å². The van der Waals surface area contributed by atoms with Gasteiger partial charge in [-0.25, -0.2) is 0 Å². The quantitative estimate of drug-likeness (QED) is 0.295. The fraction of sp³-hybridized carbons (Fsp3) is 0.250. The molecule has 2 heterocycles. The van der Waals surface area contributed by atoms with Gasteiger partial charge in [0, 0.05) is 31.5 Å². The van der Waals surface area contributed by atoms with E-state index in [1.807, 2.05) is 97.1 Å². The van der Waals surface area contributed by atoms with Gasteiger partial charge >= 0.3 is 0 Å². The number of ketones is 1. The summed E-state index contributed by atoms with van der Waals surface area (Å²) in [6.07, 6.45) is -3.17. The smallest absolute Gasteiger partial charge is 0.252 e. The normalized spacial score (nSPS) is 25.4. The van der Waals surface area contributed by atoms with Crippen molar-refractivity contribution in [3.63, 3.8) is 0 Å². The van der Waals surface area contributed by atoms with Crippen LogP contribution in [0.25, 0.3) is 0 Å². The molecule has 4 aromatic carbocycles. The first-order valence-electron chi connectivity index (χ1n) is 14.5. The minimum atomic E-state index is -1.19. The molecule has 0 aromatic heterocycles. The average molecular weight is 593 g/mol. The van der Waals surface area contributed by atoms with Crippen LogP contribution >= 0.6 is 0 Å². The van der Waals surface area contributed by atoms with Crippen LogP contribution < -0.4 is 0 Å². The monoisotopic (exact) mass is 592 g/mol. The Kier molecular flexibility index (Phi) is 9.35. The molecule has 7 atom stereocenters. The molecule has 0 saturated carbocycles. The first-order valence-corrected chi connectivity index (χ1v) is 14.5. The fourth-order valence-corrected chi connectivity index (χ4v) is 6.31. The Bertz CT molecular complexity index is 1570. The lowest BCUT2D eigenvalue weighted by atomic mass is 9.85. The molecule has 44 heavy (non-hydrogen) atoms. The maximum absolute atomic E-state index is 12.8. The van der Waals surface area contributed by atoms with Crippen molar-refractivity contribution in [1.82, 2.24) is 9.80 Å². The topological polar surface area (TPSA) is 118 Å². The molecule has 2 amide bonds. The van der Waals surface area contributed by atoms with Crippen molar-refractivity contribution in [2.45, 2.75) is 42.2 Å². The van der Waals surface area contributed by atoms with Crippen molar-refractivity contribution >= 4 is 17.6 Å². The molecule has 2 aliphatic rings. The molecule has 226 valence electrons. The highest BCUT2D eigenvalue weighted by atomic mass is 16.3. The number of carbonyl (C=O) groups excluding carboxylic acids is 3. The van der Waals surface area contributed by atoms with E-state index in [0.29, 0.717) is 5.56 Å². The Labute approximate surface area is 256 Å². The molecule has 0 aliphatic carbocycles. The molecular weight excluding hydrogens is 556 g/mol. The highest BCUT2D eigenvalue weighted by Gasteiger charge is 2.50. The summed E-state index contributed by atoms with van der Waals surface area (Å²) in [6.45, 7) is 0. The van der Waals surface area contributed by atoms with E-state index in [1.165, 1.54) is 9.80 Å². The van der Waals surface area contributed by atoms with Gasteiger partial charge in [0.15, 0.2) is 5.78 Å². The highest BCUT2D eigenvalue weighted by Crippen LogP contribution is 2.40. The predicted octanol–water partition coefficient (Wildman–Crippen LogP) is 3.56. The number of amides is 2. The number of likely N-dealkylation sites (tertiary alicyclic amines) is 2. The van der Waals surface area contributed by atoms with Crippen molar-refractivity contribution in [2.24, 2.45) is 0 Å². The minimum Gasteiger partial charge on any atom is -0.386 e. The van der Waals surface area contributed by atoms with Gasteiger partial charge in [-0.3, -0.25) is 14.4 Å². The van der Waals surface area contributed by atoms with Crippen LogP contribution in [0, 0.1) is 0 Å². The molecule has 8 heteroatoms. The largest absolute Gasteiger partial charge is 0.386 e. The number of hydrogen-bond acceptors (Lipinski definition) is 6. The van der Waals surface area contributed by atoms with Gasteiger partial charge in [-0.15, -0.1) is 0 Å². The van der Waals surface area contributed by atoms with Crippen LogP contribution in [-0.2, 0) is 9.59 Å². The molecule has 0 radical (unpaired) electrons. The Hall–Kier alpha value is -4.63. The van der Waals surface area contributed by atoms with E-state index < -0.39 is 48.1 Å². The zero-order valence-electron chi connectivity index (χ0n) is 24.5. The van der Waals surface area contributed by atoms with Crippen LogP contribution in [0.3, 0.4) is 0 Å². The van der Waals surface area contributed by atoms with Gasteiger partial charge in [0.2, 0.25) is 0 Å². The molecule has 8 nitrogen and oxygen atoms in total. The Morgan fingerprint density at radius 1 is 0.614 bits per heavy atom. The third-order valence-corrected chi connectivity index (χ3v) is 8.61. The molecule has 2 saturated heterocycles. The van der Waals surface area contributed by atoms with Crippen molar-refractivity contribution in [3.05, 3.63) is 144 Å². The zero-order chi connectivity index (χ0) is 31.4. The Morgan fingerprint density at radius 3 is 1.55 bits per heavy atom. The van der Waals surface area contributed by atoms with Crippen molar-refractivity contribution in [2.75, 3.05) is 14.1 Å². The molecule has 0 unspecified atom stereocenters. The summed E-state index contributed by atoms with van der Waals surface area (Å²) >= 11 is 0. The molecular formula is C36H36N2O6.